The fourth-order valence-electron chi connectivity index (χ4n) is 5.03. The van der Waals surface area contributed by atoms with E-state index in [1.165, 1.54) is 0 Å². The van der Waals surface area contributed by atoms with Crippen molar-refractivity contribution in [2.45, 2.75) is 93.0 Å². The number of unbranched alkanes of at least 4 members (excludes halogenated alkanes) is 1. The van der Waals surface area contributed by atoms with Gasteiger partial charge in [-0.3, -0.25) is 9.20 Å². The van der Waals surface area contributed by atoms with Gasteiger partial charge in [0.2, 0.25) is 0 Å². The van der Waals surface area contributed by atoms with Crippen LogP contribution in [0.2, 0.25) is 0 Å². The summed E-state index contributed by atoms with van der Waals surface area (Å²) in [5.41, 5.74) is 3.62. The molecule has 5 heteroatoms. The van der Waals surface area contributed by atoms with Gasteiger partial charge in [0.05, 0.1) is 5.92 Å². The van der Waals surface area contributed by atoms with E-state index in [1.54, 1.807) is 0 Å². The molecular weight excluding hydrogens is 434 g/mol. The number of esters is 1. The summed E-state index contributed by atoms with van der Waals surface area (Å²) in [7, 11) is 0. The van der Waals surface area contributed by atoms with E-state index in [4.69, 9.17) is 9.72 Å². The number of benzene rings is 1. The van der Waals surface area contributed by atoms with Crippen molar-refractivity contribution in [1.82, 2.24) is 9.38 Å². The highest BCUT2D eigenvalue weighted by Crippen LogP contribution is 2.38. The lowest BCUT2D eigenvalue weighted by Gasteiger charge is -2.34. The summed E-state index contributed by atoms with van der Waals surface area (Å²) >= 11 is 0. The Labute approximate surface area is 211 Å². The van der Waals surface area contributed by atoms with Crippen LogP contribution in [0.3, 0.4) is 0 Å². The van der Waals surface area contributed by atoms with Crippen LogP contribution in [0.4, 0.5) is 5.82 Å². The van der Waals surface area contributed by atoms with Gasteiger partial charge in [0.1, 0.15) is 22.9 Å². The quantitative estimate of drug-likeness (QED) is 0.237. The maximum atomic E-state index is 13.1. The number of fused-ring (bicyclic) bond motifs is 1. The van der Waals surface area contributed by atoms with E-state index in [0.29, 0.717) is 5.75 Å². The molecule has 3 rings (SSSR count). The largest absolute Gasteiger partial charge is 0.426 e. The van der Waals surface area contributed by atoms with Crippen molar-refractivity contribution in [2.24, 2.45) is 11.3 Å². The van der Waals surface area contributed by atoms with Crippen molar-refractivity contribution in [3.63, 3.8) is 0 Å². The van der Waals surface area contributed by atoms with Gasteiger partial charge in [-0.2, -0.15) is 0 Å². The van der Waals surface area contributed by atoms with Gasteiger partial charge in [0.15, 0.2) is 0 Å². The Hall–Kier alpha value is -2.82. The number of nitrogens with one attached hydrogen (secondary N) is 1. The number of pyridine rings is 1. The van der Waals surface area contributed by atoms with E-state index in [0.717, 1.165) is 60.4 Å². The summed E-state index contributed by atoms with van der Waals surface area (Å²) in [5.74, 6) is 1.23. The SMILES string of the molecule is CCCCC(CC)C(=O)Oc1ccccc1-c1nc2cc(C)ccn2c1NC(C)(C)CC(C)(C)C. The highest BCUT2D eigenvalue weighted by atomic mass is 16.5. The second kappa shape index (κ2) is 10.8. The zero-order valence-corrected chi connectivity index (χ0v) is 22.9. The molecule has 1 N–H and O–H groups in total. The molecule has 0 aliphatic carbocycles. The van der Waals surface area contributed by atoms with Crippen molar-refractivity contribution in [2.75, 3.05) is 5.32 Å². The van der Waals surface area contributed by atoms with Crippen LogP contribution < -0.4 is 10.1 Å². The van der Waals surface area contributed by atoms with E-state index in [2.05, 4.69) is 83.4 Å². The molecule has 3 aromatic rings. The van der Waals surface area contributed by atoms with Crippen LogP contribution in [0.1, 0.15) is 86.1 Å². The Kier molecular flexibility index (Phi) is 8.30. The third-order valence-electron chi connectivity index (χ3n) is 6.30. The minimum Gasteiger partial charge on any atom is -0.426 e. The van der Waals surface area contributed by atoms with E-state index in [-0.39, 0.29) is 22.8 Å². The molecule has 0 aliphatic heterocycles. The molecule has 2 heterocycles. The molecule has 0 fully saturated rings. The second-order valence-corrected chi connectivity index (χ2v) is 11.7. The average molecular weight is 478 g/mol. The average Bonchev–Trinajstić information content (AvgIpc) is 3.09. The number of rotatable bonds is 10. The highest BCUT2D eigenvalue weighted by molar-refractivity contribution is 5.84. The van der Waals surface area contributed by atoms with Gasteiger partial charge in [-0.1, -0.05) is 59.6 Å². The number of carbonyl (C=O) groups is 1. The van der Waals surface area contributed by atoms with E-state index in [1.807, 2.05) is 24.3 Å². The van der Waals surface area contributed by atoms with Crippen molar-refractivity contribution < 1.29 is 9.53 Å². The van der Waals surface area contributed by atoms with Crippen LogP contribution in [0, 0.1) is 18.3 Å². The van der Waals surface area contributed by atoms with Gasteiger partial charge in [-0.25, -0.2) is 4.98 Å². The Morgan fingerprint density at radius 1 is 1.11 bits per heavy atom. The van der Waals surface area contributed by atoms with Gasteiger partial charge < -0.3 is 10.1 Å². The van der Waals surface area contributed by atoms with Crippen LogP contribution in [0.15, 0.2) is 42.6 Å². The van der Waals surface area contributed by atoms with E-state index >= 15 is 0 Å². The van der Waals surface area contributed by atoms with Crippen LogP contribution in [-0.2, 0) is 4.79 Å². The van der Waals surface area contributed by atoms with Gasteiger partial charge in [0, 0.05) is 17.3 Å². The Bertz CT molecular complexity index is 1150. The van der Waals surface area contributed by atoms with Crippen molar-refractivity contribution in [1.29, 1.82) is 0 Å². The number of aryl methyl sites for hydroxylation is 1. The number of imidazole rings is 1. The predicted molar refractivity (Wildman–Crippen MR) is 146 cm³/mol. The maximum absolute atomic E-state index is 13.1. The molecule has 5 nitrogen and oxygen atoms in total. The zero-order valence-electron chi connectivity index (χ0n) is 22.9. The lowest BCUT2D eigenvalue weighted by molar-refractivity contribution is -0.139. The number of aromatic nitrogens is 2. The molecule has 2 aromatic heterocycles. The minimum atomic E-state index is -0.174. The molecule has 1 aromatic carbocycles. The molecule has 0 saturated carbocycles. The monoisotopic (exact) mass is 477 g/mol. The summed E-state index contributed by atoms with van der Waals surface area (Å²) < 4.78 is 8.12. The molecular formula is C30H43N3O2. The van der Waals surface area contributed by atoms with Crippen LogP contribution in [-0.4, -0.2) is 20.9 Å². The Balaban J connectivity index is 2.07. The zero-order chi connectivity index (χ0) is 25.8. The summed E-state index contributed by atoms with van der Waals surface area (Å²) in [6, 6.07) is 11.9. The molecule has 1 atom stereocenters. The van der Waals surface area contributed by atoms with E-state index < -0.39 is 0 Å². The molecule has 0 radical (unpaired) electrons. The highest BCUT2D eigenvalue weighted by Gasteiger charge is 2.29. The molecule has 0 bridgehead atoms. The van der Waals surface area contributed by atoms with E-state index in [9.17, 15) is 4.79 Å². The lowest BCUT2D eigenvalue weighted by Crippen LogP contribution is -2.36. The topological polar surface area (TPSA) is 55.6 Å². The Morgan fingerprint density at radius 3 is 2.49 bits per heavy atom. The molecule has 0 saturated heterocycles. The third kappa shape index (κ3) is 6.87. The number of hydrogen-bond acceptors (Lipinski definition) is 4. The number of anilines is 1. The second-order valence-electron chi connectivity index (χ2n) is 11.7. The van der Waals surface area contributed by atoms with Crippen molar-refractivity contribution >= 4 is 17.4 Å². The van der Waals surface area contributed by atoms with Crippen LogP contribution in [0.25, 0.3) is 16.9 Å². The molecule has 190 valence electrons. The fourth-order valence-corrected chi connectivity index (χ4v) is 5.03. The standard InChI is InChI=1S/C30H43N3O2/c1-9-11-14-22(10-2)28(34)35-24-16-13-12-15-23(24)26-27(32-30(7,8)20-29(4,5)6)33-18-17-21(3)19-25(33)31-26/h12-13,15-19,22,32H,9-11,14,20H2,1-8H3. The number of ether oxygens (including phenoxy) is 1. The fraction of sp³-hybridized carbons (Fsp3) is 0.533. The number of hydrogen-bond donors (Lipinski definition) is 1. The van der Waals surface area contributed by atoms with Gasteiger partial charge in [-0.15, -0.1) is 0 Å². The smallest absolute Gasteiger partial charge is 0.314 e. The number of carbonyl (C=O) groups excluding carboxylic acids is 1. The molecule has 0 aliphatic rings. The molecule has 1 unspecified atom stereocenters. The van der Waals surface area contributed by atoms with Gasteiger partial charge in [-0.05, 0) is 75.3 Å². The van der Waals surface area contributed by atoms with Crippen molar-refractivity contribution in [3.05, 3.63) is 48.2 Å². The maximum Gasteiger partial charge on any atom is 0.314 e. The molecule has 0 spiro atoms. The number of para-hydroxylation sites is 1. The first-order valence-electron chi connectivity index (χ1n) is 13.0. The Morgan fingerprint density at radius 2 is 1.83 bits per heavy atom. The summed E-state index contributed by atoms with van der Waals surface area (Å²) in [5, 5.41) is 3.79. The first-order valence-corrected chi connectivity index (χ1v) is 13.0. The summed E-state index contributed by atoms with van der Waals surface area (Å²) in [4.78, 5) is 18.1. The third-order valence-corrected chi connectivity index (χ3v) is 6.30. The summed E-state index contributed by atoms with van der Waals surface area (Å²) in [6.07, 6.45) is 6.77. The van der Waals surface area contributed by atoms with Crippen molar-refractivity contribution in [3.8, 4) is 17.0 Å². The number of nitrogens with zero attached hydrogens (tertiary/aromatic N) is 2. The lowest BCUT2D eigenvalue weighted by atomic mass is 9.82. The van der Waals surface area contributed by atoms with Gasteiger partial charge in [0.25, 0.3) is 0 Å². The van der Waals surface area contributed by atoms with Gasteiger partial charge >= 0.3 is 5.97 Å². The predicted octanol–water partition coefficient (Wildman–Crippen LogP) is 8.06. The summed E-state index contributed by atoms with van der Waals surface area (Å²) in [6.45, 7) is 17.5. The molecule has 0 amide bonds. The first-order chi connectivity index (χ1) is 16.4. The van der Waals surface area contributed by atoms with Crippen LogP contribution >= 0.6 is 0 Å². The molecule has 35 heavy (non-hydrogen) atoms. The van der Waals surface area contributed by atoms with Crippen LogP contribution in [0.5, 0.6) is 5.75 Å². The normalized spacial score (nSPS) is 13.1. The first kappa shape index (κ1) is 26.8. The minimum absolute atomic E-state index is 0.0879.